The summed E-state index contributed by atoms with van der Waals surface area (Å²) in [4.78, 5) is 0. The molecule has 0 fully saturated rings. The molecule has 0 aromatic heterocycles. The van der Waals surface area contributed by atoms with E-state index >= 15 is 0 Å². The summed E-state index contributed by atoms with van der Waals surface area (Å²) in [5.74, 6) is 0. The van der Waals surface area contributed by atoms with E-state index < -0.39 is 0 Å². The van der Waals surface area contributed by atoms with Crippen LogP contribution < -0.4 is 0 Å². The summed E-state index contributed by atoms with van der Waals surface area (Å²) >= 11 is 0. The van der Waals surface area contributed by atoms with Gasteiger partial charge in [0.25, 0.3) is 0 Å². The van der Waals surface area contributed by atoms with Crippen LogP contribution in [0.3, 0.4) is 0 Å². The lowest BCUT2D eigenvalue weighted by Crippen LogP contribution is -1.76. The highest BCUT2D eigenvalue weighted by atomic mass is 14.0. The third-order valence-corrected chi connectivity index (χ3v) is 3.16. The second-order valence-electron chi connectivity index (χ2n) is 4.39. The molecule has 0 atom stereocenters. The van der Waals surface area contributed by atoms with Crippen molar-refractivity contribution in [2.75, 3.05) is 0 Å². The molecule has 0 heteroatoms. The van der Waals surface area contributed by atoms with E-state index in [0.717, 1.165) is 6.42 Å². The average molecular weight is 230 g/mol. The smallest absolute Gasteiger partial charge is 0.00882 e. The normalized spacial score (nSPS) is 12.9. The van der Waals surface area contributed by atoms with Crippen molar-refractivity contribution in [1.29, 1.82) is 0 Å². The first-order valence-electron chi connectivity index (χ1n) is 6.19. The van der Waals surface area contributed by atoms with Crippen LogP contribution in [-0.4, -0.2) is 0 Å². The Balaban J connectivity index is 0.000000111. The van der Waals surface area contributed by atoms with Gasteiger partial charge in [0.1, 0.15) is 0 Å². The van der Waals surface area contributed by atoms with Gasteiger partial charge in [-0.2, -0.15) is 0 Å². The molecule has 0 unspecified atom stereocenters. The van der Waals surface area contributed by atoms with Gasteiger partial charge in [0.2, 0.25) is 0 Å². The van der Waals surface area contributed by atoms with Gasteiger partial charge in [0.05, 0.1) is 0 Å². The fourth-order valence-corrected chi connectivity index (χ4v) is 2.19. The van der Waals surface area contributed by atoms with Crippen molar-refractivity contribution in [2.45, 2.75) is 6.42 Å². The van der Waals surface area contributed by atoms with Crippen molar-refractivity contribution in [3.8, 4) is 0 Å². The van der Waals surface area contributed by atoms with Crippen molar-refractivity contribution in [1.82, 2.24) is 0 Å². The lowest BCUT2D eigenvalue weighted by molar-refractivity contribution is 1.31. The maximum absolute atomic E-state index is 3.04. The third kappa shape index (κ3) is 2.20. The molecular weight excluding hydrogens is 216 g/mol. The first kappa shape index (κ1) is 10.8. The first-order valence-corrected chi connectivity index (χ1v) is 6.19. The highest BCUT2D eigenvalue weighted by Crippen LogP contribution is 2.17. The lowest BCUT2D eigenvalue weighted by atomic mass is 10.1. The van der Waals surface area contributed by atoms with Crippen LogP contribution in [0, 0.1) is 0 Å². The molecule has 2 aromatic carbocycles. The minimum absolute atomic E-state index is 1.12. The van der Waals surface area contributed by atoms with E-state index in [1.165, 1.54) is 22.3 Å². The molecule has 18 heavy (non-hydrogen) atoms. The molecule has 0 bridgehead atoms. The third-order valence-electron chi connectivity index (χ3n) is 3.16. The summed E-state index contributed by atoms with van der Waals surface area (Å²) in [7, 11) is 0. The molecular formula is C18H14. The first-order chi connectivity index (χ1) is 8.93. The summed E-state index contributed by atoms with van der Waals surface area (Å²) in [6, 6.07) is 16.7. The van der Waals surface area contributed by atoms with Crippen molar-refractivity contribution in [3.05, 3.63) is 82.6 Å². The average Bonchev–Trinajstić information content (AvgIpc) is 3.08. The van der Waals surface area contributed by atoms with Crippen LogP contribution in [0.5, 0.6) is 0 Å². The summed E-state index contributed by atoms with van der Waals surface area (Å²) in [6.45, 7) is 0. The van der Waals surface area contributed by atoms with Crippen molar-refractivity contribution >= 4 is 18.2 Å². The zero-order valence-electron chi connectivity index (χ0n) is 10.1. The van der Waals surface area contributed by atoms with Gasteiger partial charge in [0.15, 0.2) is 0 Å². The van der Waals surface area contributed by atoms with Crippen LogP contribution in [0.4, 0.5) is 0 Å². The SMILES string of the molecule is C1=Cc2ccccc2C1.C1=Cc2ccccc2C=1. The van der Waals surface area contributed by atoms with E-state index in [-0.39, 0.29) is 0 Å². The molecule has 2 aromatic rings. The zero-order valence-corrected chi connectivity index (χ0v) is 10.1. The summed E-state index contributed by atoms with van der Waals surface area (Å²) in [6.07, 6.45) is 9.49. The Kier molecular flexibility index (Phi) is 2.96. The molecule has 86 valence electrons. The van der Waals surface area contributed by atoms with Crippen LogP contribution >= 0.6 is 0 Å². The fourth-order valence-electron chi connectivity index (χ4n) is 2.19. The van der Waals surface area contributed by atoms with Crippen LogP contribution in [0.1, 0.15) is 22.3 Å². The molecule has 0 saturated carbocycles. The van der Waals surface area contributed by atoms with Crippen LogP contribution in [0.25, 0.3) is 18.2 Å². The fraction of sp³-hybridized carbons (Fsp3) is 0.0556. The predicted octanol–water partition coefficient (Wildman–Crippen LogP) is 4.58. The van der Waals surface area contributed by atoms with Gasteiger partial charge < -0.3 is 0 Å². The van der Waals surface area contributed by atoms with Crippen molar-refractivity contribution in [2.24, 2.45) is 0 Å². The Bertz CT molecular complexity index is 618. The molecule has 0 saturated heterocycles. The Morgan fingerprint density at radius 1 is 0.722 bits per heavy atom. The molecule has 0 nitrogen and oxygen atoms in total. The number of rotatable bonds is 0. The van der Waals surface area contributed by atoms with Gasteiger partial charge in [-0.25, -0.2) is 0 Å². The van der Waals surface area contributed by atoms with Gasteiger partial charge in [-0.05, 0) is 40.8 Å². The van der Waals surface area contributed by atoms with E-state index in [2.05, 4.69) is 54.3 Å². The molecule has 0 heterocycles. The van der Waals surface area contributed by atoms with Gasteiger partial charge in [-0.15, -0.1) is 5.73 Å². The van der Waals surface area contributed by atoms with E-state index in [4.69, 9.17) is 0 Å². The van der Waals surface area contributed by atoms with Crippen LogP contribution in [0.15, 0.2) is 60.3 Å². The monoisotopic (exact) mass is 230 g/mol. The topological polar surface area (TPSA) is 0 Å². The van der Waals surface area contributed by atoms with E-state index in [0.29, 0.717) is 0 Å². The van der Waals surface area contributed by atoms with Gasteiger partial charge in [-0.3, -0.25) is 0 Å². The Morgan fingerprint density at radius 2 is 1.33 bits per heavy atom. The van der Waals surface area contributed by atoms with Gasteiger partial charge >= 0.3 is 0 Å². The molecule has 2 aliphatic rings. The maximum atomic E-state index is 3.04. The lowest BCUT2D eigenvalue weighted by Gasteiger charge is -1.93. The van der Waals surface area contributed by atoms with Crippen molar-refractivity contribution < 1.29 is 0 Å². The maximum Gasteiger partial charge on any atom is -0.00882 e. The second-order valence-corrected chi connectivity index (χ2v) is 4.39. The number of benzene rings is 2. The molecule has 0 amide bonds. The Morgan fingerprint density at radius 3 is 2.00 bits per heavy atom. The molecule has 0 N–H and O–H groups in total. The van der Waals surface area contributed by atoms with Gasteiger partial charge in [-0.1, -0.05) is 60.7 Å². The molecule has 0 radical (unpaired) electrons. The summed E-state index contributed by atoms with van der Waals surface area (Å²) in [5.41, 5.74) is 8.43. The zero-order chi connectivity index (χ0) is 12.2. The van der Waals surface area contributed by atoms with E-state index in [9.17, 15) is 0 Å². The van der Waals surface area contributed by atoms with Crippen molar-refractivity contribution in [3.63, 3.8) is 0 Å². The van der Waals surface area contributed by atoms with Gasteiger partial charge in [0, 0.05) is 0 Å². The largest absolute Gasteiger partial charge is 0.120 e. The quantitative estimate of drug-likeness (QED) is 0.496. The van der Waals surface area contributed by atoms with Crippen LogP contribution in [-0.2, 0) is 6.42 Å². The minimum atomic E-state index is 1.12. The van der Waals surface area contributed by atoms with Crippen LogP contribution in [0.2, 0.25) is 0 Å². The molecule has 2 aliphatic carbocycles. The van der Waals surface area contributed by atoms with E-state index in [1.807, 2.05) is 24.3 Å². The standard InChI is InChI=1S/C9H8.C9H6/c2*1-2-5-9-7-3-6-8(9)4-1/h1-6H,7H2;1-2,4-7H. The summed E-state index contributed by atoms with van der Waals surface area (Å²) < 4.78 is 0. The number of hydrogen-bond acceptors (Lipinski definition) is 0. The Hall–Kier alpha value is -2.30. The number of fused-ring (bicyclic) bond motifs is 2. The van der Waals surface area contributed by atoms with E-state index in [1.54, 1.807) is 0 Å². The molecule has 4 rings (SSSR count). The Labute approximate surface area is 108 Å². The summed E-state index contributed by atoms with van der Waals surface area (Å²) in [5, 5.41) is 0. The predicted molar refractivity (Wildman–Crippen MR) is 78.1 cm³/mol. The molecule has 0 aliphatic heterocycles. The second kappa shape index (κ2) is 4.91. The number of allylic oxidation sites excluding steroid dienone is 1. The minimum Gasteiger partial charge on any atom is -0.120 e. The highest BCUT2D eigenvalue weighted by Gasteiger charge is 2.00. The number of hydrogen-bond donors (Lipinski definition) is 0. The highest BCUT2D eigenvalue weighted by molar-refractivity contribution is 5.72. The molecule has 0 spiro atoms.